The molecule has 2 aliphatic heterocycles. The topological polar surface area (TPSA) is 83.6 Å². The lowest BCUT2D eigenvalue weighted by Crippen LogP contribution is -2.54. The average molecular weight is 340 g/mol. The molecule has 2 heterocycles. The third-order valence-corrected chi connectivity index (χ3v) is 4.26. The van der Waals surface area contributed by atoms with Crippen LogP contribution >= 0.6 is 0 Å². The first-order chi connectivity index (χ1) is 11.7. The van der Waals surface area contributed by atoms with Gasteiger partial charge in [-0.3, -0.25) is 29.4 Å². The first kappa shape index (κ1) is 17.1. The number of nitrogens with one attached hydrogen (secondary N) is 1. The van der Waals surface area contributed by atoms with Gasteiger partial charge in [-0.1, -0.05) is 45.1 Å². The van der Waals surface area contributed by atoms with Gasteiger partial charge in [-0.2, -0.15) is 0 Å². The van der Waals surface area contributed by atoms with E-state index in [9.17, 15) is 19.2 Å². The van der Waals surface area contributed by atoms with E-state index in [1.807, 2.05) is 32.9 Å². The van der Waals surface area contributed by atoms with Crippen molar-refractivity contribution in [3.8, 4) is 0 Å². The van der Waals surface area contributed by atoms with Gasteiger partial charge in [0.05, 0.1) is 11.1 Å². The number of nitrogens with zero attached hydrogens (tertiary/aromatic N) is 1. The molecule has 6 nitrogen and oxygen atoms in total. The number of carbonyl (C=O) groups is 4. The number of imide groups is 2. The lowest BCUT2D eigenvalue weighted by molar-refractivity contribution is -0.136. The zero-order valence-corrected chi connectivity index (χ0v) is 14.5. The van der Waals surface area contributed by atoms with Crippen molar-refractivity contribution < 1.29 is 19.2 Å². The second-order valence-electron chi connectivity index (χ2n) is 7.42. The number of benzene rings is 1. The highest BCUT2D eigenvalue weighted by Gasteiger charge is 2.45. The molecule has 0 bridgehead atoms. The maximum absolute atomic E-state index is 12.9. The number of fused-ring (bicyclic) bond motifs is 1. The van der Waals surface area contributed by atoms with Gasteiger partial charge in [-0.15, -0.1) is 0 Å². The summed E-state index contributed by atoms with van der Waals surface area (Å²) in [5, 5.41) is 2.20. The van der Waals surface area contributed by atoms with Crippen LogP contribution in [0.15, 0.2) is 24.3 Å². The second kappa shape index (κ2) is 5.95. The maximum Gasteiger partial charge on any atom is 0.262 e. The Bertz CT molecular complexity index is 817. The molecule has 0 saturated carbocycles. The van der Waals surface area contributed by atoms with Gasteiger partial charge in [0.15, 0.2) is 0 Å². The van der Waals surface area contributed by atoms with E-state index in [0.29, 0.717) is 16.7 Å². The van der Waals surface area contributed by atoms with Crippen molar-refractivity contribution in [2.75, 3.05) is 0 Å². The summed E-state index contributed by atoms with van der Waals surface area (Å²) in [5.74, 6) is -1.95. The highest BCUT2D eigenvalue weighted by molar-refractivity contribution is 6.24. The molecular formula is C19H20N2O4. The second-order valence-corrected chi connectivity index (χ2v) is 7.42. The zero-order valence-electron chi connectivity index (χ0n) is 14.5. The summed E-state index contributed by atoms with van der Waals surface area (Å²) in [6, 6.07) is 4.15. The fourth-order valence-corrected chi connectivity index (χ4v) is 3.02. The van der Waals surface area contributed by atoms with Crippen molar-refractivity contribution in [1.29, 1.82) is 0 Å². The fourth-order valence-electron chi connectivity index (χ4n) is 3.02. The normalized spacial score (nSPS) is 21.1. The van der Waals surface area contributed by atoms with Gasteiger partial charge < -0.3 is 0 Å². The van der Waals surface area contributed by atoms with Crippen molar-refractivity contribution in [3.63, 3.8) is 0 Å². The highest BCUT2D eigenvalue weighted by atomic mass is 16.2. The molecule has 1 unspecified atom stereocenters. The summed E-state index contributed by atoms with van der Waals surface area (Å²) in [7, 11) is 0. The van der Waals surface area contributed by atoms with Crippen LogP contribution in [0.5, 0.6) is 0 Å². The van der Waals surface area contributed by atoms with E-state index in [2.05, 4.69) is 5.32 Å². The molecule has 0 aliphatic carbocycles. The summed E-state index contributed by atoms with van der Waals surface area (Å²) in [5.41, 5.74) is 1.20. The Kier molecular flexibility index (Phi) is 4.06. The quantitative estimate of drug-likeness (QED) is 0.836. The Morgan fingerprint density at radius 2 is 1.84 bits per heavy atom. The predicted molar refractivity (Wildman–Crippen MR) is 91.6 cm³/mol. The lowest BCUT2D eigenvalue weighted by atomic mass is 9.94. The number of hydrogen-bond acceptors (Lipinski definition) is 4. The van der Waals surface area contributed by atoms with Crippen molar-refractivity contribution in [2.24, 2.45) is 5.41 Å². The number of piperidine rings is 1. The number of allylic oxidation sites excluding steroid dienone is 1. The molecule has 130 valence electrons. The van der Waals surface area contributed by atoms with Crippen molar-refractivity contribution in [1.82, 2.24) is 10.2 Å². The fraction of sp³-hybridized carbons (Fsp3) is 0.368. The average Bonchev–Trinajstić information content (AvgIpc) is 2.77. The smallest absolute Gasteiger partial charge is 0.262 e. The van der Waals surface area contributed by atoms with Crippen molar-refractivity contribution >= 4 is 29.7 Å². The van der Waals surface area contributed by atoms with Crippen molar-refractivity contribution in [2.45, 2.75) is 39.7 Å². The Morgan fingerprint density at radius 1 is 1.12 bits per heavy atom. The van der Waals surface area contributed by atoms with Gasteiger partial charge >= 0.3 is 0 Å². The summed E-state index contributed by atoms with van der Waals surface area (Å²) in [6.07, 6.45) is 4.07. The van der Waals surface area contributed by atoms with E-state index in [4.69, 9.17) is 0 Å². The van der Waals surface area contributed by atoms with E-state index in [1.165, 1.54) is 0 Å². The van der Waals surface area contributed by atoms with E-state index in [-0.39, 0.29) is 24.2 Å². The zero-order chi connectivity index (χ0) is 18.4. The Hall–Kier alpha value is -2.76. The molecule has 0 spiro atoms. The minimum absolute atomic E-state index is 0.0717. The SMILES string of the molecule is CC(C)(C)C=Cc1cccc2c1C(=O)N(C1CCC(=O)NC1=O)C2=O. The molecule has 0 aromatic heterocycles. The molecule has 0 radical (unpaired) electrons. The van der Waals surface area contributed by atoms with Crippen LogP contribution in [0.2, 0.25) is 0 Å². The molecule has 1 aromatic carbocycles. The van der Waals surface area contributed by atoms with Crippen LogP contribution in [-0.2, 0) is 9.59 Å². The van der Waals surface area contributed by atoms with Crippen LogP contribution in [0.1, 0.15) is 59.9 Å². The van der Waals surface area contributed by atoms with Crippen LogP contribution in [0, 0.1) is 5.41 Å². The van der Waals surface area contributed by atoms with Gasteiger partial charge in [-0.25, -0.2) is 0 Å². The van der Waals surface area contributed by atoms with Crippen LogP contribution in [0.4, 0.5) is 0 Å². The largest absolute Gasteiger partial charge is 0.295 e. The van der Waals surface area contributed by atoms with Crippen LogP contribution < -0.4 is 5.32 Å². The Labute approximate surface area is 145 Å². The molecule has 1 aromatic rings. The van der Waals surface area contributed by atoms with E-state index in [1.54, 1.807) is 18.2 Å². The molecular weight excluding hydrogens is 320 g/mol. The maximum atomic E-state index is 12.9. The number of carbonyl (C=O) groups excluding carboxylic acids is 4. The first-order valence-electron chi connectivity index (χ1n) is 8.23. The van der Waals surface area contributed by atoms with Crippen LogP contribution in [0.3, 0.4) is 0 Å². The van der Waals surface area contributed by atoms with E-state index >= 15 is 0 Å². The lowest BCUT2D eigenvalue weighted by Gasteiger charge is -2.27. The summed E-state index contributed by atoms with van der Waals surface area (Å²) in [6.45, 7) is 6.11. The third kappa shape index (κ3) is 3.12. The van der Waals surface area contributed by atoms with Crippen molar-refractivity contribution in [3.05, 3.63) is 41.0 Å². The summed E-state index contributed by atoms with van der Waals surface area (Å²) in [4.78, 5) is 50.0. The van der Waals surface area contributed by atoms with E-state index in [0.717, 1.165) is 4.90 Å². The molecule has 3 rings (SSSR count). The van der Waals surface area contributed by atoms with Crippen LogP contribution in [-0.4, -0.2) is 34.6 Å². The monoisotopic (exact) mass is 340 g/mol. The highest BCUT2D eigenvalue weighted by Crippen LogP contribution is 2.31. The van der Waals surface area contributed by atoms with Gasteiger partial charge in [0.2, 0.25) is 11.8 Å². The predicted octanol–water partition coefficient (Wildman–Crippen LogP) is 2.15. The van der Waals surface area contributed by atoms with Gasteiger partial charge in [-0.05, 0) is 23.5 Å². The molecule has 1 fully saturated rings. The molecule has 25 heavy (non-hydrogen) atoms. The number of hydrogen-bond donors (Lipinski definition) is 1. The van der Waals surface area contributed by atoms with Gasteiger partial charge in [0.1, 0.15) is 6.04 Å². The third-order valence-electron chi connectivity index (χ3n) is 4.26. The Balaban J connectivity index is 1.98. The minimum Gasteiger partial charge on any atom is -0.295 e. The first-order valence-corrected chi connectivity index (χ1v) is 8.23. The van der Waals surface area contributed by atoms with Gasteiger partial charge in [0, 0.05) is 6.42 Å². The number of amides is 4. The summed E-state index contributed by atoms with van der Waals surface area (Å²) < 4.78 is 0. The molecule has 6 heteroatoms. The molecule has 1 atom stereocenters. The summed E-state index contributed by atoms with van der Waals surface area (Å²) >= 11 is 0. The molecule has 4 amide bonds. The minimum atomic E-state index is -0.940. The van der Waals surface area contributed by atoms with Crippen LogP contribution in [0.25, 0.3) is 6.08 Å². The Morgan fingerprint density at radius 3 is 2.48 bits per heavy atom. The standard InChI is InChI=1S/C19H20N2O4/c1-19(2,3)10-9-11-5-4-6-12-15(11)18(25)21(17(12)24)13-7-8-14(22)20-16(13)23/h4-6,9-10,13H,7-8H2,1-3H3,(H,20,22,23). The van der Waals surface area contributed by atoms with E-state index < -0.39 is 23.8 Å². The molecule has 1 N–H and O–H groups in total. The molecule has 1 saturated heterocycles. The number of rotatable bonds is 2. The molecule has 2 aliphatic rings. The van der Waals surface area contributed by atoms with Gasteiger partial charge in [0.25, 0.3) is 11.8 Å².